The summed E-state index contributed by atoms with van der Waals surface area (Å²) in [5, 5.41) is 3.34. The lowest BCUT2D eigenvalue weighted by molar-refractivity contribution is -0.139. The van der Waals surface area contributed by atoms with E-state index in [9.17, 15) is 18.0 Å². The molecule has 7 nitrogen and oxygen atoms in total. The molecule has 0 aliphatic carbocycles. The van der Waals surface area contributed by atoms with E-state index in [1.165, 1.54) is 17.0 Å². The molecule has 40 heavy (non-hydrogen) atoms. The molecule has 0 bridgehead atoms. The summed E-state index contributed by atoms with van der Waals surface area (Å²) in [6, 6.07) is 18.0. The van der Waals surface area contributed by atoms with Crippen LogP contribution in [0, 0.1) is 20.8 Å². The number of unbranched alkanes of at least 4 members (excludes halogenated alkanes) is 1. The van der Waals surface area contributed by atoms with E-state index in [0.717, 1.165) is 33.8 Å². The van der Waals surface area contributed by atoms with Gasteiger partial charge in [0.15, 0.2) is 0 Å². The van der Waals surface area contributed by atoms with Crippen LogP contribution >= 0.6 is 11.6 Å². The fourth-order valence-electron chi connectivity index (χ4n) is 4.18. The van der Waals surface area contributed by atoms with Gasteiger partial charge in [0.1, 0.15) is 12.6 Å². The molecule has 0 unspecified atom stereocenters. The average Bonchev–Trinajstić information content (AvgIpc) is 2.92. The van der Waals surface area contributed by atoms with Gasteiger partial charge in [-0.05, 0) is 81.1 Å². The zero-order chi connectivity index (χ0) is 29.4. The monoisotopic (exact) mass is 583 g/mol. The number of sulfonamides is 1. The smallest absolute Gasteiger partial charge is 0.264 e. The number of carbonyl (C=O) groups excluding carboxylic acids is 2. The fourth-order valence-corrected chi connectivity index (χ4v) is 5.78. The summed E-state index contributed by atoms with van der Waals surface area (Å²) in [6.45, 7) is 9.42. The van der Waals surface area contributed by atoms with Crippen molar-refractivity contribution in [3.8, 4) is 0 Å². The van der Waals surface area contributed by atoms with E-state index >= 15 is 0 Å². The van der Waals surface area contributed by atoms with Gasteiger partial charge in [0.05, 0.1) is 10.6 Å². The molecule has 3 aromatic carbocycles. The van der Waals surface area contributed by atoms with Crippen molar-refractivity contribution in [3.05, 3.63) is 94.0 Å². The third-order valence-electron chi connectivity index (χ3n) is 6.96. The van der Waals surface area contributed by atoms with Crippen LogP contribution in [-0.4, -0.2) is 44.3 Å². The highest BCUT2D eigenvalue weighted by Crippen LogP contribution is 2.27. The van der Waals surface area contributed by atoms with Crippen molar-refractivity contribution in [1.29, 1.82) is 0 Å². The minimum atomic E-state index is -4.11. The number of nitrogens with zero attached hydrogens (tertiary/aromatic N) is 2. The van der Waals surface area contributed by atoms with Crippen molar-refractivity contribution >= 4 is 39.1 Å². The number of hydrogen-bond donors (Lipinski definition) is 1. The van der Waals surface area contributed by atoms with Gasteiger partial charge in [0.25, 0.3) is 10.0 Å². The topological polar surface area (TPSA) is 86.8 Å². The zero-order valence-electron chi connectivity index (χ0n) is 23.8. The lowest BCUT2D eigenvalue weighted by atomic mass is 10.1. The number of halogens is 1. The van der Waals surface area contributed by atoms with Gasteiger partial charge >= 0.3 is 0 Å². The Morgan fingerprint density at radius 2 is 1.62 bits per heavy atom. The van der Waals surface area contributed by atoms with Crippen LogP contribution in [0.3, 0.4) is 0 Å². The van der Waals surface area contributed by atoms with E-state index in [-0.39, 0.29) is 17.3 Å². The summed E-state index contributed by atoms with van der Waals surface area (Å²) in [7, 11) is -4.11. The molecule has 0 spiro atoms. The Morgan fingerprint density at radius 1 is 0.950 bits per heavy atom. The second-order valence-electron chi connectivity index (χ2n) is 10.0. The fraction of sp³-hybridized carbons (Fsp3) is 0.355. The van der Waals surface area contributed by atoms with Crippen LogP contribution in [0.1, 0.15) is 48.9 Å². The number of amides is 2. The van der Waals surface area contributed by atoms with Gasteiger partial charge in [-0.1, -0.05) is 66.9 Å². The van der Waals surface area contributed by atoms with Crippen LogP contribution in [0.5, 0.6) is 0 Å². The number of rotatable bonds is 12. The standard InChI is InChI=1S/C31H38ClN3O4S/c1-6-7-18-33-31(37)25(5)34(20-26-10-8-9-11-29(26)32)30(36)21-35(27-15-14-23(3)24(4)19-27)40(38,39)28-16-12-22(2)13-17-28/h8-17,19,25H,6-7,18,20-21H2,1-5H3,(H,33,37)/t25-/m1/s1. The quantitative estimate of drug-likeness (QED) is 0.273. The van der Waals surface area contributed by atoms with E-state index in [4.69, 9.17) is 11.6 Å². The summed E-state index contributed by atoms with van der Waals surface area (Å²) in [4.78, 5) is 28.5. The molecular formula is C31H38ClN3O4S. The third kappa shape index (κ3) is 7.64. The molecule has 1 N–H and O–H groups in total. The summed E-state index contributed by atoms with van der Waals surface area (Å²) >= 11 is 6.41. The normalized spacial score (nSPS) is 12.1. The van der Waals surface area contributed by atoms with E-state index in [2.05, 4.69) is 5.32 Å². The molecule has 2 amide bonds. The lowest BCUT2D eigenvalue weighted by Gasteiger charge is -2.32. The van der Waals surface area contributed by atoms with Gasteiger partial charge in [-0.3, -0.25) is 13.9 Å². The highest BCUT2D eigenvalue weighted by molar-refractivity contribution is 7.92. The number of nitrogens with one attached hydrogen (secondary N) is 1. The van der Waals surface area contributed by atoms with Crippen molar-refractivity contribution in [2.75, 3.05) is 17.4 Å². The van der Waals surface area contributed by atoms with Crippen molar-refractivity contribution in [1.82, 2.24) is 10.2 Å². The van der Waals surface area contributed by atoms with Gasteiger partial charge < -0.3 is 10.2 Å². The van der Waals surface area contributed by atoms with Crippen LogP contribution in [0.25, 0.3) is 0 Å². The molecule has 0 saturated carbocycles. The van der Waals surface area contributed by atoms with E-state index in [1.54, 1.807) is 55.5 Å². The van der Waals surface area contributed by atoms with Crippen molar-refractivity contribution < 1.29 is 18.0 Å². The zero-order valence-corrected chi connectivity index (χ0v) is 25.3. The van der Waals surface area contributed by atoms with Crippen LogP contribution in [0.15, 0.2) is 71.6 Å². The molecule has 0 radical (unpaired) electrons. The Kier molecular flexibility index (Phi) is 10.8. The number of anilines is 1. The summed E-state index contributed by atoms with van der Waals surface area (Å²) in [6.07, 6.45) is 1.73. The van der Waals surface area contributed by atoms with Crippen molar-refractivity contribution in [2.45, 2.75) is 64.9 Å². The first-order valence-electron chi connectivity index (χ1n) is 13.4. The number of aryl methyl sites for hydroxylation is 3. The number of hydrogen-bond acceptors (Lipinski definition) is 4. The van der Waals surface area contributed by atoms with E-state index in [1.807, 2.05) is 33.8 Å². The SMILES string of the molecule is CCCCNC(=O)[C@@H](C)N(Cc1ccccc1Cl)C(=O)CN(c1ccc(C)c(C)c1)S(=O)(=O)c1ccc(C)cc1. The van der Waals surface area contributed by atoms with Gasteiger partial charge in [-0.25, -0.2) is 8.42 Å². The first-order valence-corrected chi connectivity index (χ1v) is 15.2. The molecule has 0 heterocycles. The molecule has 1 atom stereocenters. The van der Waals surface area contributed by atoms with E-state index < -0.39 is 28.5 Å². The maximum Gasteiger partial charge on any atom is 0.264 e. The second-order valence-corrected chi connectivity index (χ2v) is 12.3. The Hall–Kier alpha value is -3.36. The summed E-state index contributed by atoms with van der Waals surface area (Å²) in [5.74, 6) is -0.833. The molecule has 3 rings (SSSR count). The first-order chi connectivity index (χ1) is 18.9. The van der Waals surface area contributed by atoms with Gasteiger partial charge in [-0.2, -0.15) is 0 Å². The van der Waals surface area contributed by atoms with Crippen LogP contribution in [-0.2, 0) is 26.2 Å². The summed E-state index contributed by atoms with van der Waals surface area (Å²) in [5.41, 5.74) is 3.84. The average molecular weight is 584 g/mol. The lowest BCUT2D eigenvalue weighted by Crippen LogP contribution is -2.51. The molecule has 0 aromatic heterocycles. The molecule has 3 aromatic rings. The van der Waals surface area contributed by atoms with Crippen LogP contribution < -0.4 is 9.62 Å². The molecule has 214 valence electrons. The predicted octanol–water partition coefficient (Wildman–Crippen LogP) is 5.79. The summed E-state index contributed by atoms with van der Waals surface area (Å²) < 4.78 is 29.0. The number of carbonyl (C=O) groups is 2. The van der Waals surface area contributed by atoms with Crippen LogP contribution in [0.2, 0.25) is 5.02 Å². The van der Waals surface area contributed by atoms with Gasteiger partial charge in [0.2, 0.25) is 11.8 Å². The number of benzene rings is 3. The van der Waals surface area contributed by atoms with Crippen molar-refractivity contribution in [3.63, 3.8) is 0 Å². The minimum absolute atomic E-state index is 0.0478. The molecule has 0 aliphatic rings. The highest BCUT2D eigenvalue weighted by Gasteiger charge is 2.32. The Morgan fingerprint density at radius 3 is 2.25 bits per heavy atom. The van der Waals surface area contributed by atoms with Crippen molar-refractivity contribution in [2.24, 2.45) is 0 Å². The first kappa shape index (κ1) is 31.2. The molecule has 0 aliphatic heterocycles. The van der Waals surface area contributed by atoms with E-state index in [0.29, 0.717) is 22.8 Å². The second kappa shape index (κ2) is 13.8. The third-order valence-corrected chi connectivity index (χ3v) is 9.12. The Labute approximate surface area is 243 Å². The van der Waals surface area contributed by atoms with Gasteiger partial charge in [0, 0.05) is 18.1 Å². The highest BCUT2D eigenvalue weighted by atomic mass is 35.5. The maximum absolute atomic E-state index is 14.0. The Bertz CT molecular complexity index is 1440. The maximum atomic E-state index is 14.0. The molecular weight excluding hydrogens is 546 g/mol. The predicted molar refractivity (Wildman–Crippen MR) is 161 cm³/mol. The van der Waals surface area contributed by atoms with Gasteiger partial charge in [-0.15, -0.1) is 0 Å². The Balaban J connectivity index is 2.03. The molecule has 0 fully saturated rings. The largest absolute Gasteiger partial charge is 0.354 e. The molecule has 9 heteroatoms. The minimum Gasteiger partial charge on any atom is -0.354 e. The van der Waals surface area contributed by atoms with Crippen LogP contribution in [0.4, 0.5) is 5.69 Å². The molecule has 0 saturated heterocycles.